The van der Waals surface area contributed by atoms with Crippen LogP contribution in [0.15, 0.2) is 69.3 Å². The second-order valence-corrected chi connectivity index (χ2v) is 6.51. The van der Waals surface area contributed by atoms with Crippen LogP contribution in [-0.2, 0) is 6.61 Å². The molecule has 3 aromatic rings. The highest BCUT2D eigenvalue weighted by Gasteiger charge is 2.11. The number of benzene rings is 2. The van der Waals surface area contributed by atoms with Crippen LogP contribution in [0.1, 0.15) is 11.4 Å². The molecule has 5 nitrogen and oxygen atoms in total. The van der Waals surface area contributed by atoms with Crippen molar-refractivity contribution in [2.75, 3.05) is 6.26 Å². The number of halogens is 1. The Bertz CT molecular complexity index is 836. The van der Waals surface area contributed by atoms with E-state index < -0.39 is 0 Å². The van der Waals surface area contributed by atoms with E-state index >= 15 is 0 Å². The highest BCUT2D eigenvalue weighted by Crippen LogP contribution is 2.16. The molecule has 24 heavy (non-hydrogen) atoms. The van der Waals surface area contributed by atoms with Gasteiger partial charge < -0.3 is 4.74 Å². The summed E-state index contributed by atoms with van der Waals surface area (Å²) >= 11 is 4.94. The highest BCUT2D eigenvalue weighted by molar-refractivity contribution is 9.10. The number of para-hydroxylation sites is 1. The lowest BCUT2D eigenvalue weighted by molar-refractivity contribution is 0.290. The summed E-state index contributed by atoms with van der Waals surface area (Å²) in [5, 5.41) is 13.5. The van der Waals surface area contributed by atoms with Gasteiger partial charge in [-0.1, -0.05) is 58.0 Å². The van der Waals surface area contributed by atoms with Crippen molar-refractivity contribution in [3.8, 4) is 5.75 Å². The fourth-order valence-electron chi connectivity index (χ4n) is 2.00. The lowest BCUT2D eigenvalue weighted by Crippen LogP contribution is -2.04. The van der Waals surface area contributed by atoms with Gasteiger partial charge in [-0.05, 0) is 36.1 Å². The van der Waals surface area contributed by atoms with Crippen molar-refractivity contribution in [3.05, 3.63) is 70.5 Å². The molecule has 1 aromatic heterocycles. The predicted octanol–water partition coefficient (Wildman–Crippen LogP) is 4.22. The quantitative estimate of drug-likeness (QED) is 0.457. The van der Waals surface area contributed by atoms with Crippen LogP contribution in [0.5, 0.6) is 5.75 Å². The average molecular weight is 403 g/mol. The van der Waals surface area contributed by atoms with Crippen molar-refractivity contribution >= 4 is 33.9 Å². The highest BCUT2D eigenvalue weighted by atomic mass is 79.9. The zero-order valence-corrected chi connectivity index (χ0v) is 15.4. The number of rotatable bonds is 6. The third-order valence-corrected chi connectivity index (χ3v) is 4.25. The Balaban J connectivity index is 1.80. The molecule has 0 spiro atoms. The van der Waals surface area contributed by atoms with Crippen LogP contribution in [0.2, 0.25) is 0 Å². The van der Waals surface area contributed by atoms with Crippen LogP contribution >= 0.6 is 27.7 Å². The van der Waals surface area contributed by atoms with E-state index in [1.165, 1.54) is 11.8 Å². The maximum atomic E-state index is 5.75. The van der Waals surface area contributed by atoms with E-state index in [-0.39, 0.29) is 0 Å². The van der Waals surface area contributed by atoms with Crippen molar-refractivity contribution < 1.29 is 4.74 Å². The van der Waals surface area contributed by atoms with Crippen molar-refractivity contribution in [2.45, 2.75) is 11.8 Å². The molecule has 0 aliphatic rings. The Kier molecular flexibility index (Phi) is 5.66. The van der Waals surface area contributed by atoms with Crippen LogP contribution in [0, 0.1) is 0 Å². The summed E-state index contributed by atoms with van der Waals surface area (Å²) in [6.07, 6.45) is 3.72. The van der Waals surface area contributed by atoms with Crippen LogP contribution < -0.4 is 4.74 Å². The smallest absolute Gasteiger partial charge is 0.211 e. The number of hydrogen-bond donors (Lipinski definition) is 0. The lowest BCUT2D eigenvalue weighted by Gasteiger charge is -2.06. The number of ether oxygens (including phenoxy) is 1. The Morgan fingerprint density at radius 3 is 2.75 bits per heavy atom. The molecule has 7 heteroatoms. The summed E-state index contributed by atoms with van der Waals surface area (Å²) in [5.41, 5.74) is 0.986. The molecular formula is C17H15BrN4OS. The van der Waals surface area contributed by atoms with Gasteiger partial charge in [0.2, 0.25) is 5.16 Å². The topological polar surface area (TPSA) is 52.3 Å². The first-order chi connectivity index (χ1) is 11.8. The van der Waals surface area contributed by atoms with Gasteiger partial charge in [-0.2, -0.15) is 9.78 Å². The van der Waals surface area contributed by atoms with E-state index in [0.717, 1.165) is 15.8 Å². The predicted molar refractivity (Wildman–Crippen MR) is 99.7 cm³/mol. The summed E-state index contributed by atoms with van der Waals surface area (Å²) in [4.78, 5) is 0. The second-order valence-electron chi connectivity index (χ2n) is 4.82. The number of nitrogens with zero attached hydrogens (tertiary/aromatic N) is 4. The molecule has 0 bridgehead atoms. The maximum absolute atomic E-state index is 5.75. The summed E-state index contributed by atoms with van der Waals surface area (Å²) in [6, 6.07) is 17.5. The summed E-state index contributed by atoms with van der Waals surface area (Å²) in [5.74, 6) is 1.43. The van der Waals surface area contributed by atoms with Gasteiger partial charge in [0.05, 0.1) is 6.21 Å². The average Bonchev–Trinajstić information content (AvgIpc) is 3.01. The van der Waals surface area contributed by atoms with Gasteiger partial charge in [0.15, 0.2) is 5.82 Å². The third-order valence-electron chi connectivity index (χ3n) is 3.14. The molecule has 0 saturated heterocycles. The number of aromatic nitrogens is 3. The second kappa shape index (κ2) is 8.12. The zero-order chi connectivity index (χ0) is 16.8. The van der Waals surface area contributed by atoms with Crippen molar-refractivity contribution in [2.24, 2.45) is 5.10 Å². The third kappa shape index (κ3) is 4.24. The summed E-state index contributed by atoms with van der Waals surface area (Å²) in [7, 11) is 0. The molecule has 0 atom stereocenters. The van der Waals surface area contributed by atoms with E-state index in [2.05, 4.69) is 31.2 Å². The first-order valence-electron chi connectivity index (χ1n) is 7.22. The molecule has 0 saturated carbocycles. The lowest BCUT2D eigenvalue weighted by atomic mass is 10.2. The molecule has 0 N–H and O–H groups in total. The maximum Gasteiger partial charge on any atom is 0.211 e. The molecular weight excluding hydrogens is 388 g/mol. The largest absolute Gasteiger partial charge is 0.486 e. The molecule has 0 aliphatic carbocycles. The molecule has 0 radical (unpaired) electrons. The van der Waals surface area contributed by atoms with Crippen molar-refractivity contribution in [3.63, 3.8) is 0 Å². The van der Waals surface area contributed by atoms with Crippen LogP contribution in [-0.4, -0.2) is 27.3 Å². The van der Waals surface area contributed by atoms with Gasteiger partial charge in [0.25, 0.3) is 0 Å². The first-order valence-corrected chi connectivity index (χ1v) is 9.24. The van der Waals surface area contributed by atoms with Gasteiger partial charge in [-0.25, -0.2) is 0 Å². The van der Waals surface area contributed by atoms with Crippen LogP contribution in [0.3, 0.4) is 0 Å². The molecule has 1 heterocycles. The van der Waals surface area contributed by atoms with Crippen molar-refractivity contribution in [1.29, 1.82) is 0 Å². The standard InChI is InChI=1S/C17H15BrN4OS/c1-24-17-21-20-16(12-23-15-8-3-2-4-9-15)22(17)19-11-13-6-5-7-14(18)10-13/h2-11H,12H2,1H3/b19-11-. The van der Waals surface area contributed by atoms with Gasteiger partial charge in [0, 0.05) is 4.47 Å². The molecule has 0 fully saturated rings. The normalized spacial score (nSPS) is 11.1. The monoisotopic (exact) mass is 402 g/mol. The van der Waals surface area contributed by atoms with E-state index in [1.807, 2.05) is 60.9 Å². The zero-order valence-electron chi connectivity index (χ0n) is 13.0. The van der Waals surface area contributed by atoms with E-state index in [4.69, 9.17) is 4.74 Å². The van der Waals surface area contributed by atoms with Crippen molar-refractivity contribution in [1.82, 2.24) is 14.9 Å². The minimum atomic E-state index is 0.299. The van der Waals surface area contributed by atoms with Crippen LogP contribution in [0.4, 0.5) is 0 Å². The summed E-state index contributed by atoms with van der Waals surface area (Å²) in [6.45, 7) is 0.299. The molecule has 0 amide bonds. The molecule has 122 valence electrons. The van der Waals surface area contributed by atoms with E-state index in [9.17, 15) is 0 Å². The SMILES string of the molecule is CSc1nnc(COc2ccccc2)n1/N=C\c1cccc(Br)c1. The fourth-order valence-corrected chi connectivity index (χ4v) is 2.87. The Morgan fingerprint density at radius 1 is 1.17 bits per heavy atom. The number of hydrogen-bond acceptors (Lipinski definition) is 5. The van der Waals surface area contributed by atoms with Gasteiger partial charge >= 0.3 is 0 Å². The first kappa shape index (κ1) is 16.7. The summed E-state index contributed by atoms with van der Waals surface area (Å²) < 4.78 is 8.46. The fraction of sp³-hybridized carbons (Fsp3) is 0.118. The Labute approximate surface area is 152 Å². The van der Waals surface area contributed by atoms with E-state index in [0.29, 0.717) is 17.6 Å². The minimum Gasteiger partial charge on any atom is -0.486 e. The molecule has 0 aliphatic heterocycles. The molecule has 2 aromatic carbocycles. The van der Waals surface area contributed by atoms with Gasteiger partial charge in [0.1, 0.15) is 12.4 Å². The minimum absolute atomic E-state index is 0.299. The molecule has 0 unspecified atom stereocenters. The Morgan fingerprint density at radius 2 is 2.00 bits per heavy atom. The van der Waals surface area contributed by atoms with Gasteiger partial charge in [-0.15, -0.1) is 10.2 Å². The van der Waals surface area contributed by atoms with Gasteiger partial charge in [-0.3, -0.25) is 0 Å². The van der Waals surface area contributed by atoms with Crippen LogP contribution in [0.25, 0.3) is 0 Å². The molecule has 3 rings (SSSR count). The van der Waals surface area contributed by atoms with E-state index in [1.54, 1.807) is 10.9 Å². The number of thioether (sulfide) groups is 1. The Hall–Kier alpha value is -2.12.